The topological polar surface area (TPSA) is 107 Å². The second-order valence-electron chi connectivity index (χ2n) is 6.02. The molecule has 2 aromatic heterocycles. The van der Waals surface area contributed by atoms with Crippen molar-refractivity contribution in [2.75, 3.05) is 19.7 Å². The van der Waals surface area contributed by atoms with Crippen LogP contribution in [0, 0.1) is 13.8 Å². The molecule has 142 valence electrons. The van der Waals surface area contributed by atoms with Crippen molar-refractivity contribution in [2.45, 2.75) is 38.5 Å². The third kappa shape index (κ3) is 3.41. The number of ether oxygens (including phenoxy) is 1. The zero-order valence-corrected chi connectivity index (χ0v) is 14.0. The number of rotatable bonds is 5. The Labute approximate surface area is 145 Å². The average molecular weight is 375 g/mol. The molecular weight excluding hydrogens is 359 g/mol. The van der Waals surface area contributed by atoms with E-state index in [4.69, 9.17) is 13.8 Å². The first kappa shape index (κ1) is 18.3. The van der Waals surface area contributed by atoms with Crippen LogP contribution in [-0.2, 0) is 21.6 Å². The Kier molecular flexibility index (Phi) is 4.69. The monoisotopic (exact) mass is 375 g/mol. The first-order chi connectivity index (χ1) is 12.2. The number of nitrogens with zero attached hydrogens (tertiary/aromatic N) is 5. The summed E-state index contributed by atoms with van der Waals surface area (Å²) in [4.78, 5) is 20.9. The number of aromatic nitrogens is 4. The number of amides is 1. The zero-order chi connectivity index (χ0) is 18.9. The first-order valence-electron chi connectivity index (χ1n) is 7.73. The fraction of sp³-hybridized carbons (Fsp3) is 0.643. The first-order valence-corrected chi connectivity index (χ1v) is 7.73. The van der Waals surface area contributed by atoms with Gasteiger partial charge in [0.2, 0.25) is 11.8 Å². The van der Waals surface area contributed by atoms with Crippen molar-refractivity contribution in [3.05, 3.63) is 23.4 Å². The van der Waals surface area contributed by atoms with Crippen LogP contribution in [0.1, 0.15) is 29.9 Å². The molecule has 12 heteroatoms. The highest BCUT2D eigenvalue weighted by molar-refractivity contribution is 5.78. The van der Waals surface area contributed by atoms with Gasteiger partial charge in [-0.25, -0.2) is 0 Å². The number of hydrogen-bond acceptors (Lipinski definition) is 8. The largest absolute Gasteiger partial charge is 0.405 e. The number of halogens is 3. The lowest BCUT2D eigenvalue weighted by Crippen LogP contribution is -2.46. The smallest absolute Gasteiger partial charge is 0.362 e. The third-order valence-corrected chi connectivity index (χ3v) is 4.12. The second kappa shape index (κ2) is 6.67. The van der Waals surface area contributed by atoms with E-state index in [1.54, 1.807) is 6.92 Å². The standard InChI is InChI=1S/C14H16F3N5O4/c1-8-18-10(25-20-8)5-24-6-11(23)22-4-3-13(7-22,14(15,16)17)12-19-9(2)21-26-12/h3-7H2,1-2H3. The van der Waals surface area contributed by atoms with Gasteiger partial charge in [-0.05, 0) is 20.3 Å². The molecule has 3 heterocycles. The molecule has 1 atom stereocenters. The summed E-state index contributed by atoms with van der Waals surface area (Å²) < 4.78 is 55.8. The normalized spacial score (nSPS) is 20.7. The van der Waals surface area contributed by atoms with E-state index in [-0.39, 0.29) is 31.3 Å². The third-order valence-electron chi connectivity index (χ3n) is 4.12. The van der Waals surface area contributed by atoms with Gasteiger partial charge in [0.15, 0.2) is 17.1 Å². The van der Waals surface area contributed by atoms with Gasteiger partial charge in [0, 0.05) is 13.1 Å². The van der Waals surface area contributed by atoms with E-state index in [9.17, 15) is 18.0 Å². The molecule has 0 N–H and O–H groups in total. The fourth-order valence-electron chi connectivity index (χ4n) is 2.76. The van der Waals surface area contributed by atoms with Gasteiger partial charge in [0.25, 0.3) is 5.89 Å². The Morgan fingerprint density at radius 3 is 2.50 bits per heavy atom. The van der Waals surface area contributed by atoms with Crippen molar-refractivity contribution >= 4 is 5.91 Å². The fourth-order valence-corrected chi connectivity index (χ4v) is 2.76. The molecule has 26 heavy (non-hydrogen) atoms. The number of aryl methyl sites for hydroxylation is 2. The highest BCUT2D eigenvalue weighted by Gasteiger charge is 2.63. The molecule has 0 aromatic carbocycles. The van der Waals surface area contributed by atoms with E-state index in [1.165, 1.54) is 6.92 Å². The molecule has 0 aliphatic carbocycles. The van der Waals surface area contributed by atoms with Crippen LogP contribution in [0.4, 0.5) is 13.2 Å². The number of carbonyl (C=O) groups excluding carboxylic acids is 1. The average Bonchev–Trinajstić information content (AvgIpc) is 3.26. The maximum absolute atomic E-state index is 13.7. The lowest BCUT2D eigenvalue weighted by Gasteiger charge is -2.27. The number of hydrogen-bond donors (Lipinski definition) is 0. The van der Waals surface area contributed by atoms with Crippen LogP contribution in [-0.4, -0.2) is 57.0 Å². The van der Waals surface area contributed by atoms with E-state index in [1.807, 2.05) is 0 Å². The van der Waals surface area contributed by atoms with E-state index >= 15 is 0 Å². The molecule has 0 radical (unpaired) electrons. The predicted octanol–water partition coefficient (Wildman–Crippen LogP) is 1.32. The van der Waals surface area contributed by atoms with E-state index in [2.05, 4.69) is 20.3 Å². The van der Waals surface area contributed by atoms with Crippen molar-refractivity contribution in [1.29, 1.82) is 0 Å². The molecule has 1 fully saturated rings. The second-order valence-corrected chi connectivity index (χ2v) is 6.02. The summed E-state index contributed by atoms with van der Waals surface area (Å²) in [5.41, 5.74) is -2.37. The molecule has 9 nitrogen and oxygen atoms in total. The molecule has 0 bridgehead atoms. The van der Waals surface area contributed by atoms with Gasteiger partial charge in [0.1, 0.15) is 13.2 Å². The lowest BCUT2D eigenvalue weighted by molar-refractivity contribution is -0.194. The summed E-state index contributed by atoms with van der Waals surface area (Å²) in [5.74, 6) is -0.405. The Balaban J connectivity index is 1.64. The Morgan fingerprint density at radius 2 is 1.92 bits per heavy atom. The molecule has 0 spiro atoms. The Bertz CT molecular complexity index is 790. The lowest BCUT2D eigenvalue weighted by atomic mass is 9.86. The van der Waals surface area contributed by atoms with Crippen molar-refractivity contribution in [3.63, 3.8) is 0 Å². The van der Waals surface area contributed by atoms with Gasteiger partial charge in [-0.15, -0.1) is 0 Å². The van der Waals surface area contributed by atoms with Crippen molar-refractivity contribution in [2.24, 2.45) is 0 Å². The van der Waals surface area contributed by atoms with Gasteiger partial charge in [-0.1, -0.05) is 10.3 Å². The maximum atomic E-state index is 13.7. The maximum Gasteiger partial charge on any atom is 0.405 e. The summed E-state index contributed by atoms with van der Waals surface area (Å²) in [6.45, 7) is 1.86. The molecule has 1 amide bonds. The zero-order valence-electron chi connectivity index (χ0n) is 14.0. The molecule has 1 saturated heterocycles. The van der Waals surface area contributed by atoms with Crippen molar-refractivity contribution in [3.8, 4) is 0 Å². The summed E-state index contributed by atoms with van der Waals surface area (Å²) in [7, 11) is 0. The Morgan fingerprint density at radius 1 is 1.23 bits per heavy atom. The van der Waals surface area contributed by atoms with Crippen LogP contribution < -0.4 is 0 Å². The predicted molar refractivity (Wildman–Crippen MR) is 76.7 cm³/mol. The van der Waals surface area contributed by atoms with Crippen molar-refractivity contribution < 1.29 is 31.7 Å². The minimum absolute atomic E-state index is 0.0944. The molecule has 2 aromatic rings. The van der Waals surface area contributed by atoms with Gasteiger partial charge in [-0.2, -0.15) is 23.1 Å². The SMILES string of the molecule is Cc1noc(COCC(=O)N2CCC(c3nc(C)no3)(C(F)(F)F)C2)n1. The molecule has 3 rings (SSSR count). The molecular formula is C14H16F3N5O4. The van der Waals surface area contributed by atoms with Crippen LogP contribution in [0.15, 0.2) is 9.05 Å². The molecule has 1 aliphatic rings. The van der Waals surface area contributed by atoms with Gasteiger partial charge in [-0.3, -0.25) is 4.79 Å². The van der Waals surface area contributed by atoms with Crippen LogP contribution in [0.2, 0.25) is 0 Å². The number of carbonyl (C=O) groups is 1. The minimum Gasteiger partial charge on any atom is -0.362 e. The Hall–Kier alpha value is -2.50. The van der Waals surface area contributed by atoms with E-state index in [0.29, 0.717) is 5.82 Å². The van der Waals surface area contributed by atoms with Crippen LogP contribution >= 0.6 is 0 Å². The molecule has 0 saturated carbocycles. The molecule has 1 aliphatic heterocycles. The van der Waals surface area contributed by atoms with Crippen molar-refractivity contribution in [1.82, 2.24) is 25.2 Å². The highest BCUT2D eigenvalue weighted by atomic mass is 19.4. The van der Waals surface area contributed by atoms with Gasteiger partial charge >= 0.3 is 6.18 Å². The van der Waals surface area contributed by atoms with Crippen LogP contribution in [0.25, 0.3) is 0 Å². The van der Waals surface area contributed by atoms with Gasteiger partial charge in [0.05, 0.1) is 0 Å². The summed E-state index contributed by atoms with van der Waals surface area (Å²) in [5, 5.41) is 7.00. The summed E-state index contributed by atoms with van der Waals surface area (Å²) in [6.07, 6.45) is -4.99. The number of alkyl halides is 3. The van der Waals surface area contributed by atoms with E-state index in [0.717, 1.165) is 4.90 Å². The molecule has 1 unspecified atom stereocenters. The summed E-state index contributed by atoms with van der Waals surface area (Å²) in [6, 6.07) is 0. The quantitative estimate of drug-likeness (QED) is 0.770. The van der Waals surface area contributed by atoms with Gasteiger partial charge < -0.3 is 18.7 Å². The minimum atomic E-state index is -4.64. The van der Waals surface area contributed by atoms with Crippen LogP contribution in [0.3, 0.4) is 0 Å². The van der Waals surface area contributed by atoms with Crippen LogP contribution in [0.5, 0.6) is 0 Å². The summed E-state index contributed by atoms with van der Waals surface area (Å²) >= 11 is 0. The highest BCUT2D eigenvalue weighted by Crippen LogP contribution is 2.47. The van der Waals surface area contributed by atoms with E-state index < -0.39 is 36.5 Å². The number of likely N-dealkylation sites (tertiary alicyclic amines) is 1.